The van der Waals surface area contributed by atoms with Gasteiger partial charge in [0.25, 0.3) is 5.56 Å². The average molecular weight is 591 g/mol. The Hall–Kier alpha value is -4.48. The number of benzene rings is 2. The van der Waals surface area contributed by atoms with Crippen LogP contribution in [0.25, 0.3) is 10.9 Å². The number of piperidine rings is 1. The third kappa shape index (κ3) is 7.68. The fraction of sp³-hybridized carbons (Fsp3) is 0.344. The molecule has 4 aromatic rings. The summed E-state index contributed by atoms with van der Waals surface area (Å²) in [5.41, 5.74) is 1.69. The molecule has 43 heavy (non-hydrogen) atoms. The maximum absolute atomic E-state index is 14.1. The van der Waals surface area contributed by atoms with Gasteiger partial charge in [-0.2, -0.15) is 0 Å². The van der Waals surface area contributed by atoms with E-state index in [1.807, 2.05) is 6.07 Å². The Kier molecular flexibility index (Phi) is 9.85. The van der Waals surface area contributed by atoms with Crippen LogP contribution in [0.2, 0.25) is 0 Å². The lowest BCUT2D eigenvalue weighted by Gasteiger charge is -2.32. The maximum atomic E-state index is 14.1. The normalized spacial score (nSPS) is 15.0. The molecule has 2 aliphatic heterocycles. The van der Waals surface area contributed by atoms with Gasteiger partial charge in [-0.1, -0.05) is 18.2 Å². The second-order valence-electron chi connectivity index (χ2n) is 10.4. The monoisotopic (exact) mass is 590 g/mol. The molecule has 1 fully saturated rings. The lowest BCUT2D eigenvalue weighted by molar-refractivity contribution is 0.0697. The fourth-order valence-corrected chi connectivity index (χ4v) is 5.25. The first-order valence-corrected chi connectivity index (χ1v) is 14.3. The Bertz CT molecular complexity index is 1610. The van der Waals surface area contributed by atoms with Crippen LogP contribution in [0.5, 0.6) is 17.2 Å². The summed E-state index contributed by atoms with van der Waals surface area (Å²) in [5.74, 6) is 0.602. The van der Waals surface area contributed by atoms with Crippen molar-refractivity contribution in [1.82, 2.24) is 19.8 Å². The van der Waals surface area contributed by atoms with Gasteiger partial charge in [0.1, 0.15) is 24.8 Å². The van der Waals surface area contributed by atoms with Gasteiger partial charge >= 0.3 is 5.97 Å². The molecule has 0 spiro atoms. The van der Waals surface area contributed by atoms with Crippen molar-refractivity contribution in [3.05, 3.63) is 94.3 Å². The van der Waals surface area contributed by atoms with Crippen LogP contribution < -0.4 is 25.1 Å². The standard InChI is InChI=1S/C25H29FN4O4.C7H6O2/c1-32-22-13-17(26)12-21-20(22)2-3-25(31)30(21)9-8-29-6-4-18(5-7-29)27-15-19-14-23-24(16-28-19)34-11-10-33-23;8-7(9)6-4-2-1-3-5-6/h2-3,12-14,16,18,27H,4-11,15H2,1H3;1-5H,(H,8,9). The molecule has 4 heterocycles. The Labute approximate surface area is 248 Å². The lowest BCUT2D eigenvalue weighted by Crippen LogP contribution is -2.43. The number of nitrogens with zero attached hydrogens (tertiary/aromatic N) is 3. The highest BCUT2D eigenvalue weighted by Gasteiger charge is 2.20. The molecule has 0 saturated carbocycles. The predicted octanol–water partition coefficient (Wildman–Crippen LogP) is 3.95. The smallest absolute Gasteiger partial charge is 0.335 e. The van der Waals surface area contributed by atoms with Gasteiger partial charge in [-0.3, -0.25) is 9.78 Å². The van der Waals surface area contributed by atoms with E-state index in [9.17, 15) is 14.0 Å². The van der Waals surface area contributed by atoms with Crippen LogP contribution in [-0.4, -0.2) is 71.5 Å². The molecule has 2 aromatic heterocycles. The van der Waals surface area contributed by atoms with Gasteiger partial charge < -0.3 is 34.1 Å². The molecule has 226 valence electrons. The number of carbonyl (C=O) groups is 1. The first-order valence-electron chi connectivity index (χ1n) is 14.3. The molecule has 0 amide bonds. The van der Waals surface area contributed by atoms with E-state index in [2.05, 4.69) is 15.2 Å². The van der Waals surface area contributed by atoms with Crippen LogP contribution in [0.4, 0.5) is 4.39 Å². The molecular weight excluding hydrogens is 555 g/mol. The van der Waals surface area contributed by atoms with E-state index in [1.165, 1.54) is 25.3 Å². The molecule has 2 aliphatic rings. The number of hydrogen-bond acceptors (Lipinski definition) is 8. The van der Waals surface area contributed by atoms with Crippen LogP contribution in [0, 0.1) is 5.82 Å². The Morgan fingerprint density at radius 2 is 1.79 bits per heavy atom. The maximum Gasteiger partial charge on any atom is 0.335 e. The molecule has 2 N–H and O–H groups in total. The third-order valence-electron chi connectivity index (χ3n) is 7.56. The lowest BCUT2D eigenvalue weighted by atomic mass is 10.0. The molecule has 0 atom stereocenters. The van der Waals surface area contributed by atoms with Crippen molar-refractivity contribution in [2.24, 2.45) is 0 Å². The van der Waals surface area contributed by atoms with Gasteiger partial charge in [0.15, 0.2) is 11.5 Å². The second-order valence-corrected chi connectivity index (χ2v) is 10.4. The number of aromatic carboxylic acids is 1. The highest BCUT2D eigenvalue weighted by Crippen LogP contribution is 2.29. The number of methoxy groups -OCH3 is 1. The zero-order valence-corrected chi connectivity index (χ0v) is 24.0. The largest absolute Gasteiger partial charge is 0.496 e. The highest BCUT2D eigenvalue weighted by atomic mass is 19.1. The molecule has 1 saturated heterocycles. The number of carboxylic acid groups (broad SMARTS) is 1. The minimum Gasteiger partial charge on any atom is -0.496 e. The van der Waals surface area contributed by atoms with Crippen molar-refractivity contribution < 1.29 is 28.5 Å². The molecule has 6 rings (SSSR count). The number of ether oxygens (including phenoxy) is 3. The molecule has 0 unspecified atom stereocenters. The van der Waals surface area contributed by atoms with Crippen LogP contribution in [0.15, 0.2) is 71.7 Å². The highest BCUT2D eigenvalue weighted by molar-refractivity contribution is 5.87. The number of rotatable bonds is 8. The summed E-state index contributed by atoms with van der Waals surface area (Å²) >= 11 is 0. The average Bonchev–Trinajstić information content (AvgIpc) is 3.04. The van der Waals surface area contributed by atoms with Crippen LogP contribution >= 0.6 is 0 Å². The van der Waals surface area contributed by atoms with Crippen molar-refractivity contribution in [2.45, 2.75) is 32.0 Å². The summed E-state index contributed by atoms with van der Waals surface area (Å²) in [6.07, 6.45) is 3.75. The Morgan fingerprint density at radius 3 is 2.49 bits per heavy atom. The van der Waals surface area contributed by atoms with Crippen LogP contribution in [0.3, 0.4) is 0 Å². The van der Waals surface area contributed by atoms with Gasteiger partial charge in [-0.05, 0) is 50.2 Å². The molecule has 2 aromatic carbocycles. The minimum absolute atomic E-state index is 0.136. The number of halogens is 1. The van der Waals surface area contributed by atoms with E-state index in [0.717, 1.165) is 49.3 Å². The van der Waals surface area contributed by atoms with Crippen molar-refractivity contribution in [3.63, 3.8) is 0 Å². The van der Waals surface area contributed by atoms with E-state index in [0.29, 0.717) is 54.9 Å². The summed E-state index contributed by atoms with van der Waals surface area (Å²) < 4.78 is 32.2. The fourth-order valence-electron chi connectivity index (χ4n) is 5.25. The van der Waals surface area contributed by atoms with Gasteiger partial charge in [0.2, 0.25) is 0 Å². The van der Waals surface area contributed by atoms with Crippen molar-refractivity contribution in [3.8, 4) is 17.2 Å². The molecule has 0 bridgehead atoms. The molecule has 0 radical (unpaired) electrons. The first kappa shape index (κ1) is 30.0. The topological polar surface area (TPSA) is 115 Å². The van der Waals surface area contributed by atoms with Crippen molar-refractivity contribution >= 4 is 16.9 Å². The number of fused-ring (bicyclic) bond motifs is 2. The predicted molar refractivity (Wildman–Crippen MR) is 160 cm³/mol. The second kappa shape index (κ2) is 14.1. The minimum atomic E-state index is -0.879. The number of hydrogen-bond donors (Lipinski definition) is 2. The van der Waals surface area contributed by atoms with Gasteiger partial charge in [0.05, 0.1) is 30.1 Å². The van der Waals surface area contributed by atoms with Gasteiger partial charge in [0, 0.05) is 49.3 Å². The number of pyridine rings is 2. The Balaban J connectivity index is 0.000000351. The summed E-state index contributed by atoms with van der Waals surface area (Å²) in [4.78, 5) is 29.5. The zero-order chi connectivity index (χ0) is 30.2. The Morgan fingerprint density at radius 1 is 1.05 bits per heavy atom. The number of nitrogens with one attached hydrogen (secondary N) is 1. The van der Waals surface area contributed by atoms with E-state index in [1.54, 1.807) is 47.2 Å². The van der Waals surface area contributed by atoms with Gasteiger partial charge in [-0.15, -0.1) is 0 Å². The summed E-state index contributed by atoms with van der Waals surface area (Å²) in [6, 6.07) is 16.6. The summed E-state index contributed by atoms with van der Waals surface area (Å²) in [6.45, 7) is 4.91. The van der Waals surface area contributed by atoms with Crippen LogP contribution in [-0.2, 0) is 13.1 Å². The van der Waals surface area contributed by atoms with E-state index < -0.39 is 11.8 Å². The van der Waals surface area contributed by atoms with E-state index in [-0.39, 0.29) is 5.56 Å². The first-order chi connectivity index (χ1) is 20.9. The molecule has 11 heteroatoms. The number of aromatic nitrogens is 2. The van der Waals surface area contributed by atoms with Crippen LogP contribution in [0.1, 0.15) is 28.9 Å². The quantitative estimate of drug-likeness (QED) is 0.315. The molecule has 10 nitrogen and oxygen atoms in total. The molecular formula is C32H35FN4O6. The number of likely N-dealkylation sites (tertiary alicyclic amines) is 1. The van der Waals surface area contributed by atoms with E-state index in [4.69, 9.17) is 19.3 Å². The third-order valence-corrected chi connectivity index (χ3v) is 7.56. The number of carboxylic acids is 1. The summed E-state index contributed by atoms with van der Waals surface area (Å²) in [7, 11) is 1.51. The summed E-state index contributed by atoms with van der Waals surface area (Å²) in [5, 5.41) is 12.7. The molecule has 0 aliphatic carbocycles. The SMILES string of the molecule is COc1cc(F)cc2c1ccc(=O)n2CCN1CCC(NCc2cc3c(cn2)OCCO3)CC1.O=C(O)c1ccccc1. The van der Waals surface area contributed by atoms with E-state index >= 15 is 0 Å². The van der Waals surface area contributed by atoms with Crippen molar-refractivity contribution in [1.29, 1.82) is 0 Å². The van der Waals surface area contributed by atoms with Crippen molar-refractivity contribution in [2.75, 3.05) is 40.0 Å². The van der Waals surface area contributed by atoms with Gasteiger partial charge in [-0.25, -0.2) is 9.18 Å². The zero-order valence-electron chi connectivity index (χ0n) is 24.0.